The van der Waals surface area contributed by atoms with E-state index in [2.05, 4.69) is 4.98 Å². The first kappa shape index (κ1) is 17.3. The predicted molar refractivity (Wildman–Crippen MR) is 104 cm³/mol. The second-order valence-electron chi connectivity index (χ2n) is 6.92. The summed E-state index contributed by atoms with van der Waals surface area (Å²) in [6, 6.07) is 17.4. The highest BCUT2D eigenvalue weighted by Crippen LogP contribution is 2.22. The first-order valence-electron chi connectivity index (χ1n) is 9.15. The molecular formula is C21H21N3O3. The van der Waals surface area contributed by atoms with Gasteiger partial charge in [0.25, 0.3) is 5.56 Å². The number of carboxylic acids is 1. The van der Waals surface area contributed by atoms with E-state index in [0.717, 1.165) is 23.0 Å². The van der Waals surface area contributed by atoms with Gasteiger partial charge < -0.3 is 10.0 Å². The maximum atomic E-state index is 13.3. The molecule has 27 heavy (non-hydrogen) atoms. The molecule has 4 rings (SSSR count). The molecule has 1 aliphatic heterocycles. The summed E-state index contributed by atoms with van der Waals surface area (Å²) < 4.78 is 1.73. The van der Waals surface area contributed by atoms with E-state index in [0.29, 0.717) is 31.9 Å². The minimum atomic E-state index is -0.815. The van der Waals surface area contributed by atoms with E-state index < -0.39 is 11.9 Å². The molecule has 0 saturated carbocycles. The van der Waals surface area contributed by atoms with Crippen molar-refractivity contribution in [2.24, 2.45) is 5.92 Å². The quantitative estimate of drug-likeness (QED) is 0.771. The number of fused-ring (bicyclic) bond motifs is 1. The maximum Gasteiger partial charge on any atom is 0.308 e. The lowest BCUT2D eigenvalue weighted by molar-refractivity contribution is -0.141. The Balaban J connectivity index is 1.81. The van der Waals surface area contributed by atoms with Gasteiger partial charge in [0.05, 0.1) is 23.5 Å². The maximum absolute atomic E-state index is 13.3. The van der Waals surface area contributed by atoms with Crippen molar-refractivity contribution in [2.75, 3.05) is 18.0 Å². The Kier molecular flexibility index (Phi) is 4.62. The molecule has 1 aromatic heterocycles. The molecule has 6 nitrogen and oxygen atoms in total. The molecule has 1 aliphatic rings. The van der Waals surface area contributed by atoms with Gasteiger partial charge in [0.1, 0.15) is 0 Å². The average molecular weight is 363 g/mol. The summed E-state index contributed by atoms with van der Waals surface area (Å²) in [7, 11) is 0. The number of rotatable bonds is 4. The number of carboxylic acid groups (broad SMARTS) is 1. The van der Waals surface area contributed by atoms with Crippen LogP contribution in [0.5, 0.6) is 0 Å². The molecule has 0 bridgehead atoms. The fraction of sp³-hybridized carbons (Fsp3) is 0.286. The smallest absolute Gasteiger partial charge is 0.308 e. The van der Waals surface area contributed by atoms with Crippen LogP contribution in [0.1, 0.15) is 18.4 Å². The highest BCUT2D eigenvalue weighted by Gasteiger charge is 2.28. The second kappa shape index (κ2) is 7.23. The Morgan fingerprint density at radius 3 is 2.63 bits per heavy atom. The zero-order valence-electron chi connectivity index (χ0n) is 14.9. The van der Waals surface area contributed by atoms with Crippen molar-refractivity contribution in [3.05, 3.63) is 70.5 Å². The Hall–Kier alpha value is -3.15. The molecule has 6 heteroatoms. The molecule has 0 aliphatic carbocycles. The summed E-state index contributed by atoms with van der Waals surface area (Å²) in [4.78, 5) is 31.1. The van der Waals surface area contributed by atoms with Crippen LogP contribution in [0.25, 0.3) is 11.0 Å². The zero-order chi connectivity index (χ0) is 18.8. The van der Waals surface area contributed by atoms with E-state index in [-0.39, 0.29) is 5.56 Å². The van der Waals surface area contributed by atoms with Gasteiger partial charge in [-0.3, -0.25) is 14.2 Å². The van der Waals surface area contributed by atoms with Crippen LogP contribution in [0.2, 0.25) is 0 Å². The topological polar surface area (TPSA) is 75.4 Å². The summed E-state index contributed by atoms with van der Waals surface area (Å²) in [6.45, 7) is 1.42. The van der Waals surface area contributed by atoms with Crippen LogP contribution in [0.15, 0.2) is 59.4 Å². The van der Waals surface area contributed by atoms with E-state index >= 15 is 0 Å². The number of hydrogen-bond acceptors (Lipinski definition) is 4. The summed E-state index contributed by atoms with van der Waals surface area (Å²) in [5, 5.41) is 9.36. The first-order valence-corrected chi connectivity index (χ1v) is 9.15. The third-order valence-corrected chi connectivity index (χ3v) is 5.09. The van der Waals surface area contributed by atoms with Crippen molar-refractivity contribution in [2.45, 2.75) is 19.4 Å². The number of hydrogen-bond donors (Lipinski definition) is 1. The predicted octanol–water partition coefficient (Wildman–Crippen LogP) is 2.75. The van der Waals surface area contributed by atoms with Crippen molar-refractivity contribution in [3.8, 4) is 0 Å². The van der Waals surface area contributed by atoms with Crippen molar-refractivity contribution >= 4 is 22.8 Å². The Morgan fingerprint density at radius 2 is 1.85 bits per heavy atom. The molecular weight excluding hydrogens is 342 g/mol. The highest BCUT2D eigenvalue weighted by atomic mass is 16.4. The number of aliphatic carboxylic acids is 1. The lowest BCUT2D eigenvalue weighted by Gasteiger charge is -2.31. The summed E-state index contributed by atoms with van der Waals surface area (Å²) in [5.41, 5.74) is 2.37. The van der Waals surface area contributed by atoms with Crippen LogP contribution in [0.3, 0.4) is 0 Å². The fourth-order valence-corrected chi connectivity index (χ4v) is 3.68. The van der Waals surface area contributed by atoms with E-state index in [1.165, 1.54) is 0 Å². The summed E-state index contributed by atoms with van der Waals surface area (Å²) in [6.07, 6.45) is 1.38. The molecule has 1 N–H and O–H groups in total. The average Bonchev–Trinajstić information content (AvgIpc) is 2.71. The lowest BCUT2D eigenvalue weighted by atomic mass is 9.98. The number of carbonyl (C=O) groups is 1. The standard InChI is InChI=1S/C21H21N3O3/c25-20-19(23-12-6-9-16(14-23)21(26)27)22-17-10-4-5-11-18(17)24(20)13-15-7-2-1-3-8-15/h1-5,7-8,10-11,16H,6,9,12-14H2,(H,26,27). The van der Waals surface area contributed by atoms with Gasteiger partial charge in [0, 0.05) is 13.1 Å². The Labute approximate surface area is 156 Å². The Morgan fingerprint density at radius 1 is 1.11 bits per heavy atom. The molecule has 1 unspecified atom stereocenters. The van der Waals surface area contributed by atoms with Crippen molar-refractivity contribution in [1.82, 2.24) is 9.55 Å². The monoisotopic (exact) mass is 363 g/mol. The van der Waals surface area contributed by atoms with Crippen LogP contribution in [-0.4, -0.2) is 33.7 Å². The molecule has 0 spiro atoms. The lowest BCUT2D eigenvalue weighted by Crippen LogP contribution is -2.42. The van der Waals surface area contributed by atoms with Crippen molar-refractivity contribution in [1.29, 1.82) is 0 Å². The number of anilines is 1. The van der Waals surface area contributed by atoms with Gasteiger partial charge in [0.2, 0.25) is 0 Å². The molecule has 0 radical (unpaired) electrons. The number of para-hydroxylation sites is 2. The first-order chi connectivity index (χ1) is 13.1. The molecule has 3 aromatic rings. The number of benzene rings is 2. The van der Waals surface area contributed by atoms with Crippen LogP contribution in [0.4, 0.5) is 5.82 Å². The number of aromatic nitrogens is 2. The molecule has 0 amide bonds. The van der Waals surface area contributed by atoms with Crippen LogP contribution < -0.4 is 10.5 Å². The summed E-state index contributed by atoms with van der Waals surface area (Å²) in [5.74, 6) is -0.935. The zero-order valence-corrected chi connectivity index (χ0v) is 14.9. The van der Waals surface area contributed by atoms with E-state index in [1.807, 2.05) is 59.5 Å². The van der Waals surface area contributed by atoms with E-state index in [9.17, 15) is 14.7 Å². The van der Waals surface area contributed by atoms with Gasteiger partial charge in [0.15, 0.2) is 5.82 Å². The fourth-order valence-electron chi connectivity index (χ4n) is 3.68. The van der Waals surface area contributed by atoms with Crippen LogP contribution in [-0.2, 0) is 11.3 Å². The van der Waals surface area contributed by atoms with Gasteiger partial charge >= 0.3 is 5.97 Å². The summed E-state index contributed by atoms with van der Waals surface area (Å²) >= 11 is 0. The minimum absolute atomic E-state index is 0.177. The normalized spacial score (nSPS) is 17.2. The van der Waals surface area contributed by atoms with Crippen LogP contribution >= 0.6 is 0 Å². The van der Waals surface area contributed by atoms with Gasteiger partial charge in [-0.05, 0) is 30.5 Å². The highest BCUT2D eigenvalue weighted by molar-refractivity contribution is 5.77. The molecule has 1 atom stereocenters. The van der Waals surface area contributed by atoms with Crippen molar-refractivity contribution < 1.29 is 9.90 Å². The minimum Gasteiger partial charge on any atom is -0.481 e. The number of nitrogens with zero attached hydrogens (tertiary/aromatic N) is 3. The third kappa shape index (κ3) is 3.43. The van der Waals surface area contributed by atoms with Crippen LogP contribution in [0, 0.1) is 5.92 Å². The third-order valence-electron chi connectivity index (χ3n) is 5.09. The molecule has 1 saturated heterocycles. The molecule has 138 valence electrons. The Bertz CT molecular complexity index is 1030. The number of piperidine rings is 1. The molecule has 1 fully saturated rings. The SMILES string of the molecule is O=C(O)C1CCCN(c2nc3ccccc3n(Cc3ccccc3)c2=O)C1. The van der Waals surface area contributed by atoms with Gasteiger partial charge in [-0.2, -0.15) is 0 Å². The van der Waals surface area contributed by atoms with E-state index in [4.69, 9.17) is 0 Å². The van der Waals surface area contributed by atoms with Gasteiger partial charge in [-0.25, -0.2) is 4.98 Å². The largest absolute Gasteiger partial charge is 0.481 e. The van der Waals surface area contributed by atoms with Crippen molar-refractivity contribution in [3.63, 3.8) is 0 Å². The van der Waals surface area contributed by atoms with Gasteiger partial charge in [-0.1, -0.05) is 42.5 Å². The van der Waals surface area contributed by atoms with E-state index in [1.54, 1.807) is 4.57 Å². The van der Waals surface area contributed by atoms with Gasteiger partial charge in [-0.15, -0.1) is 0 Å². The molecule has 2 aromatic carbocycles. The second-order valence-corrected chi connectivity index (χ2v) is 6.92. The molecule has 2 heterocycles.